The number of nitrogens with one attached hydrogen (secondary N) is 2. The molecule has 1 heterocycles. The lowest BCUT2D eigenvalue weighted by molar-refractivity contribution is -0.117. The standard InChI is InChI=1S/C24H20ClN3O2S2/c1-14-10-15(2)22-20(11-14)27-23(30-22)16-4-3-5-18(12-16)26-24(31)28-21(29)13-32-19-8-6-17(25)7-9-19/h3-12H,13H2,1-2H3,(H2,26,28,29,31). The zero-order valence-corrected chi connectivity index (χ0v) is 19.8. The largest absolute Gasteiger partial charge is 0.436 e. The van der Waals surface area contributed by atoms with Crippen molar-refractivity contribution >= 4 is 63.4 Å². The number of rotatable bonds is 5. The number of anilines is 1. The Morgan fingerprint density at radius 3 is 2.69 bits per heavy atom. The maximum absolute atomic E-state index is 12.2. The molecule has 1 amide bonds. The number of aryl methyl sites for hydroxylation is 2. The quantitative estimate of drug-likeness (QED) is 0.255. The Balaban J connectivity index is 1.39. The number of carbonyl (C=O) groups excluding carboxylic acids is 1. The van der Waals surface area contributed by atoms with E-state index in [-0.39, 0.29) is 16.8 Å². The zero-order chi connectivity index (χ0) is 22.7. The summed E-state index contributed by atoms with van der Waals surface area (Å²) >= 11 is 12.6. The number of halogens is 1. The van der Waals surface area contributed by atoms with Crippen LogP contribution in [0, 0.1) is 13.8 Å². The molecule has 0 bridgehead atoms. The molecule has 0 saturated carbocycles. The van der Waals surface area contributed by atoms with Gasteiger partial charge in [-0.1, -0.05) is 23.7 Å². The van der Waals surface area contributed by atoms with Crippen molar-refractivity contribution < 1.29 is 9.21 Å². The molecule has 0 atom stereocenters. The number of aromatic nitrogens is 1. The molecule has 1 aromatic heterocycles. The van der Waals surface area contributed by atoms with Crippen LogP contribution in [0.2, 0.25) is 5.02 Å². The summed E-state index contributed by atoms with van der Waals surface area (Å²) in [4.78, 5) is 17.8. The second-order valence-corrected chi connectivity index (χ2v) is 9.17. The Morgan fingerprint density at radius 1 is 1.12 bits per heavy atom. The molecule has 162 valence electrons. The normalized spacial score (nSPS) is 10.8. The first-order chi connectivity index (χ1) is 15.4. The lowest BCUT2D eigenvalue weighted by atomic mass is 10.1. The number of nitrogens with zero attached hydrogens (tertiary/aromatic N) is 1. The predicted octanol–water partition coefficient (Wildman–Crippen LogP) is 6.37. The van der Waals surface area contributed by atoms with Crippen molar-refractivity contribution in [2.45, 2.75) is 18.7 Å². The molecule has 0 aliphatic heterocycles. The first kappa shape index (κ1) is 22.3. The van der Waals surface area contributed by atoms with Gasteiger partial charge in [-0.25, -0.2) is 4.98 Å². The van der Waals surface area contributed by atoms with E-state index >= 15 is 0 Å². The molecule has 0 aliphatic carbocycles. The fraction of sp³-hybridized carbons (Fsp3) is 0.125. The molecule has 4 aromatic rings. The molecular weight excluding hydrogens is 462 g/mol. The molecule has 32 heavy (non-hydrogen) atoms. The van der Waals surface area contributed by atoms with Crippen LogP contribution in [0.25, 0.3) is 22.6 Å². The van der Waals surface area contributed by atoms with Gasteiger partial charge in [-0.05, 0) is 85.7 Å². The lowest BCUT2D eigenvalue weighted by Gasteiger charge is -2.10. The summed E-state index contributed by atoms with van der Waals surface area (Å²) in [5.74, 6) is 0.584. The minimum absolute atomic E-state index is 0.191. The number of thioether (sulfide) groups is 1. The molecule has 3 aromatic carbocycles. The fourth-order valence-electron chi connectivity index (χ4n) is 3.23. The van der Waals surface area contributed by atoms with Gasteiger partial charge < -0.3 is 15.1 Å². The van der Waals surface area contributed by atoms with Gasteiger partial charge in [0.05, 0.1) is 5.75 Å². The third kappa shape index (κ3) is 5.48. The average molecular weight is 482 g/mol. The van der Waals surface area contributed by atoms with Gasteiger partial charge >= 0.3 is 0 Å². The summed E-state index contributed by atoms with van der Waals surface area (Å²) in [7, 11) is 0. The second kappa shape index (κ2) is 9.73. The number of fused-ring (bicyclic) bond motifs is 1. The Labute approximate surface area is 200 Å². The highest BCUT2D eigenvalue weighted by molar-refractivity contribution is 8.00. The Bertz CT molecular complexity index is 1300. The van der Waals surface area contributed by atoms with Crippen LogP contribution < -0.4 is 10.6 Å². The third-order valence-electron chi connectivity index (χ3n) is 4.62. The summed E-state index contributed by atoms with van der Waals surface area (Å²) in [5, 5.41) is 6.64. The lowest BCUT2D eigenvalue weighted by Crippen LogP contribution is -2.35. The van der Waals surface area contributed by atoms with Crippen LogP contribution in [-0.4, -0.2) is 21.8 Å². The molecule has 4 rings (SSSR count). The van der Waals surface area contributed by atoms with Crippen molar-refractivity contribution in [1.82, 2.24) is 10.3 Å². The highest BCUT2D eigenvalue weighted by atomic mass is 35.5. The van der Waals surface area contributed by atoms with Crippen LogP contribution in [0.4, 0.5) is 5.69 Å². The van der Waals surface area contributed by atoms with Crippen molar-refractivity contribution in [2.24, 2.45) is 0 Å². The minimum atomic E-state index is -0.191. The molecule has 0 radical (unpaired) electrons. The van der Waals surface area contributed by atoms with E-state index < -0.39 is 0 Å². The maximum atomic E-state index is 12.2. The molecule has 0 fully saturated rings. The Morgan fingerprint density at radius 2 is 1.91 bits per heavy atom. The van der Waals surface area contributed by atoms with Gasteiger partial charge in [0.2, 0.25) is 11.8 Å². The van der Waals surface area contributed by atoms with Crippen LogP contribution in [0.1, 0.15) is 11.1 Å². The van der Waals surface area contributed by atoms with Crippen molar-refractivity contribution in [3.8, 4) is 11.5 Å². The van der Waals surface area contributed by atoms with Gasteiger partial charge in [-0.3, -0.25) is 4.79 Å². The summed E-state index contributed by atoms with van der Waals surface area (Å²) in [6.45, 7) is 4.04. The summed E-state index contributed by atoms with van der Waals surface area (Å²) in [5.41, 5.74) is 5.35. The van der Waals surface area contributed by atoms with E-state index in [0.717, 1.165) is 38.4 Å². The number of benzene rings is 3. The first-order valence-electron chi connectivity index (χ1n) is 9.85. The predicted molar refractivity (Wildman–Crippen MR) is 135 cm³/mol. The average Bonchev–Trinajstić information content (AvgIpc) is 3.18. The first-order valence-corrected chi connectivity index (χ1v) is 11.6. The number of hydrogen-bond acceptors (Lipinski definition) is 5. The number of amides is 1. The molecule has 0 spiro atoms. The second-order valence-electron chi connectivity index (χ2n) is 7.27. The topological polar surface area (TPSA) is 67.2 Å². The maximum Gasteiger partial charge on any atom is 0.236 e. The number of hydrogen-bond donors (Lipinski definition) is 2. The van der Waals surface area contributed by atoms with Gasteiger partial charge in [-0.2, -0.15) is 0 Å². The van der Waals surface area contributed by atoms with E-state index in [1.807, 2.05) is 56.3 Å². The van der Waals surface area contributed by atoms with E-state index in [4.69, 9.17) is 28.2 Å². The van der Waals surface area contributed by atoms with E-state index in [1.165, 1.54) is 11.8 Å². The van der Waals surface area contributed by atoms with Crippen LogP contribution in [0.5, 0.6) is 0 Å². The molecule has 0 aliphatic rings. The van der Waals surface area contributed by atoms with Crippen molar-refractivity contribution in [3.05, 3.63) is 76.8 Å². The van der Waals surface area contributed by atoms with Crippen LogP contribution in [0.15, 0.2) is 70.0 Å². The van der Waals surface area contributed by atoms with Crippen LogP contribution >= 0.6 is 35.6 Å². The van der Waals surface area contributed by atoms with Gasteiger partial charge in [0.15, 0.2) is 10.7 Å². The van der Waals surface area contributed by atoms with E-state index in [9.17, 15) is 4.79 Å². The van der Waals surface area contributed by atoms with E-state index in [2.05, 4.69) is 21.7 Å². The Kier molecular flexibility index (Phi) is 6.79. The van der Waals surface area contributed by atoms with Crippen molar-refractivity contribution in [2.75, 3.05) is 11.1 Å². The number of oxazole rings is 1. The number of carbonyl (C=O) groups is 1. The van der Waals surface area contributed by atoms with Gasteiger partial charge in [0.1, 0.15) is 5.52 Å². The minimum Gasteiger partial charge on any atom is -0.436 e. The van der Waals surface area contributed by atoms with Gasteiger partial charge in [0.25, 0.3) is 0 Å². The van der Waals surface area contributed by atoms with Gasteiger partial charge in [-0.15, -0.1) is 11.8 Å². The molecule has 0 saturated heterocycles. The molecule has 0 unspecified atom stereocenters. The van der Waals surface area contributed by atoms with E-state index in [0.29, 0.717) is 10.9 Å². The highest BCUT2D eigenvalue weighted by Gasteiger charge is 2.12. The van der Waals surface area contributed by atoms with Crippen LogP contribution in [0.3, 0.4) is 0 Å². The molecular formula is C24H20ClN3O2S2. The van der Waals surface area contributed by atoms with Gasteiger partial charge in [0, 0.05) is 21.2 Å². The number of thiocarbonyl (C=S) groups is 1. The fourth-order valence-corrected chi connectivity index (χ4v) is 4.29. The van der Waals surface area contributed by atoms with E-state index in [1.54, 1.807) is 12.1 Å². The highest BCUT2D eigenvalue weighted by Crippen LogP contribution is 2.28. The van der Waals surface area contributed by atoms with Crippen molar-refractivity contribution in [1.29, 1.82) is 0 Å². The Hall–Kier alpha value is -2.87. The third-order valence-corrected chi connectivity index (χ3v) is 6.09. The molecule has 2 N–H and O–H groups in total. The summed E-state index contributed by atoms with van der Waals surface area (Å²) in [6.07, 6.45) is 0. The smallest absolute Gasteiger partial charge is 0.236 e. The summed E-state index contributed by atoms with van der Waals surface area (Å²) in [6, 6.07) is 18.9. The zero-order valence-electron chi connectivity index (χ0n) is 17.4. The van der Waals surface area contributed by atoms with Crippen molar-refractivity contribution in [3.63, 3.8) is 0 Å². The molecule has 5 nitrogen and oxygen atoms in total. The summed E-state index contributed by atoms with van der Waals surface area (Å²) < 4.78 is 5.99. The van der Waals surface area contributed by atoms with Crippen LogP contribution in [-0.2, 0) is 4.79 Å². The monoisotopic (exact) mass is 481 g/mol. The molecule has 8 heteroatoms. The SMILES string of the molecule is Cc1cc(C)c2oc(-c3cccc(NC(=S)NC(=O)CSc4ccc(Cl)cc4)c3)nc2c1.